The van der Waals surface area contributed by atoms with E-state index in [2.05, 4.69) is 30.4 Å². The summed E-state index contributed by atoms with van der Waals surface area (Å²) in [6.07, 6.45) is 4.11. The molecule has 2 atom stereocenters. The number of carbonyl (C=O) groups is 4. The van der Waals surface area contributed by atoms with E-state index in [9.17, 15) is 19.2 Å². The van der Waals surface area contributed by atoms with Crippen molar-refractivity contribution in [2.75, 3.05) is 0 Å². The van der Waals surface area contributed by atoms with Crippen LogP contribution in [-0.4, -0.2) is 56.3 Å². The van der Waals surface area contributed by atoms with E-state index in [-0.39, 0.29) is 25.3 Å². The second kappa shape index (κ2) is 12.3. The van der Waals surface area contributed by atoms with Gasteiger partial charge in [0.05, 0.1) is 6.42 Å². The molecule has 1 heterocycles. The lowest BCUT2D eigenvalue weighted by molar-refractivity contribution is -0.140. The van der Waals surface area contributed by atoms with Crippen LogP contribution in [-0.2, 0) is 20.9 Å². The third-order valence-electron chi connectivity index (χ3n) is 7.00. The molecule has 0 bridgehead atoms. The monoisotopic (exact) mass is 533 g/mol. The van der Waals surface area contributed by atoms with Crippen molar-refractivity contribution in [2.24, 2.45) is 5.92 Å². The first-order chi connectivity index (χ1) is 18.3. The zero-order chi connectivity index (χ0) is 28.9. The molecule has 1 fully saturated rings. The zero-order valence-electron chi connectivity index (χ0n) is 23.6. The highest BCUT2D eigenvalue weighted by Gasteiger charge is 2.54. The third-order valence-corrected chi connectivity index (χ3v) is 7.00. The van der Waals surface area contributed by atoms with E-state index in [0.29, 0.717) is 0 Å². The number of amides is 4. The summed E-state index contributed by atoms with van der Waals surface area (Å²) >= 11 is 0. The van der Waals surface area contributed by atoms with Gasteiger partial charge in [-0.25, -0.2) is 9.69 Å². The van der Waals surface area contributed by atoms with E-state index >= 15 is 0 Å². The number of nitrogens with one attached hydrogen (secondary N) is 1. The molecule has 1 saturated heterocycles. The van der Waals surface area contributed by atoms with Crippen molar-refractivity contribution < 1.29 is 24.3 Å². The van der Waals surface area contributed by atoms with Crippen LogP contribution >= 0.6 is 0 Å². The molecular formula is C31H39N3O5. The highest BCUT2D eigenvalue weighted by Crippen LogP contribution is 2.32. The standard InChI is InChI=1S/C31H39N3O5/c1-20(2)17-26(28(37)32-22(4)18-27(35)36)34-29(38)31(5,6)33(30(34)39)19-24-13-11-23(12-14-24)15-16-25-10-8-7-9-21(25)3/h7-16,20,22,26H,17-19H2,1-6H3,(H,32,37)(H,35,36)/b16-15+/t22-,26+/m1/s1. The molecule has 208 valence electrons. The van der Waals surface area contributed by atoms with Gasteiger partial charge in [0.15, 0.2) is 0 Å². The first-order valence-corrected chi connectivity index (χ1v) is 13.3. The van der Waals surface area contributed by atoms with Crippen LogP contribution in [0.2, 0.25) is 0 Å². The molecule has 0 saturated carbocycles. The number of aliphatic carboxylic acids is 1. The van der Waals surface area contributed by atoms with Crippen LogP contribution in [0.25, 0.3) is 12.2 Å². The van der Waals surface area contributed by atoms with Crippen molar-refractivity contribution in [1.82, 2.24) is 15.1 Å². The molecule has 1 aliphatic heterocycles. The van der Waals surface area contributed by atoms with Crippen LogP contribution in [0.3, 0.4) is 0 Å². The fraction of sp³-hybridized carbons (Fsp3) is 0.419. The van der Waals surface area contributed by atoms with E-state index in [1.54, 1.807) is 20.8 Å². The topological polar surface area (TPSA) is 107 Å². The fourth-order valence-corrected chi connectivity index (χ4v) is 4.71. The Kier molecular flexibility index (Phi) is 9.32. The maximum atomic E-state index is 13.6. The lowest BCUT2D eigenvalue weighted by Crippen LogP contribution is -2.53. The fourth-order valence-electron chi connectivity index (χ4n) is 4.71. The van der Waals surface area contributed by atoms with Crippen molar-refractivity contribution >= 4 is 36.0 Å². The molecule has 0 unspecified atom stereocenters. The lowest BCUT2D eigenvalue weighted by atomic mass is 9.99. The molecule has 1 aliphatic rings. The number of hydrogen-bond acceptors (Lipinski definition) is 4. The first kappa shape index (κ1) is 29.6. The van der Waals surface area contributed by atoms with E-state index in [0.717, 1.165) is 21.6 Å². The molecular weight excluding hydrogens is 494 g/mol. The molecule has 0 aromatic heterocycles. The SMILES string of the molecule is Cc1ccccc1/C=C/c1ccc(CN2C(=O)N([C@@H](CC(C)C)C(=O)N[C@H](C)CC(=O)O)C(=O)C2(C)C)cc1. The number of rotatable bonds is 11. The van der Waals surface area contributed by atoms with E-state index in [1.165, 1.54) is 10.5 Å². The van der Waals surface area contributed by atoms with E-state index in [4.69, 9.17) is 5.11 Å². The van der Waals surface area contributed by atoms with Gasteiger partial charge in [0.2, 0.25) is 5.91 Å². The van der Waals surface area contributed by atoms with Gasteiger partial charge in [0.1, 0.15) is 11.6 Å². The lowest BCUT2D eigenvalue weighted by Gasteiger charge is -2.28. The maximum Gasteiger partial charge on any atom is 0.328 e. The Hall–Kier alpha value is -3.94. The van der Waals surface area contributed by atoms with Crippen LogP contribution < -0.4 is 5.32 Å². The number of benzene rings is 2. The molecule has 0 radical (unpaired) electrons. The Morgan fingerprint density at radius 2 is 1.64 bits per heavy atom. The Labute approximate surface area is 230 Å². The molecule has 2 aromatic carbocycles. The third kappa shape index (κ3) is 7.13. The van der Waals surface area contributed by atoms with Gasteiger partial charge in [-0.05, 0) is 62.3 Å². The molecule has 2 N–H and O–H groups in total. The van der Waals surface area contributed by atoms with Crippen LogP contribution in [0.4, 0.5) is 4.79 Å². The van der Waals surface area contributed by atoms with Crippen molar-refractivity contribution in [3.8, 4) is 0 Å². The van der Waals surface area contributed by atoms with Gasteiger partial charge in [-0.1, -0.05) is 74.5 Å². The Balaban J connectivity index is 1.79. The average Bonchev–Trinajstić information content (AvgIpc) is 3.01. The van der Waals surface area contributed by atoms with Gasteiger partial charge in [-0.15, -0.1) is 0 Å². The minimum absolute atomic E-state index is 0.0218. The quantitative estimate of drug-likeness (QED) is 0.309. The van der Waals surface area contributed by atoms with Crippen molar-refractivity contribution in [3.05, 3.63) is 70.8 Å². The number of urea groups is 1. The second-order valence-electron chi connectivity index (χ2n) is 11.2. The second-order valence-corrected chi connectivity index (χ2v) is 11.2. The number of carboxylic acids is 1. The van der Waals surface area contributed by atoms with Gasteiger partial charge in [0, 0.05) is 12.6 Å². The first-order valence-electron chi connectivity index (χ1n) is 13.3. The number of carboxylic acid groups (broad SMARTS) is 1. The Morgan fingerprint density at radius 1 is 1.00 bits per heavy atom. The van der Waals surface area contributed by atoms with Gasteiger partial charge >= 0.3 is 12.0 Å². The van der Waals surface area contributed by atoms with E-state index < -0.39 is 41.4 Å². The summed E-state index contributed by atoms with van der Waals surface area (Å²) < 4.78 is 0. The van der Waals surface area contributed by atoms with Crippen molar-refractivity contribution in [3.63, 3.8) is 0 Å². The van der Waals surface area contributed by atoms with Crippen molar-refractivity contribution in [2.45, 2.75) is 78.6 Å². The average molecular weight is 534 g/mol. The summed E-state index contributed by atoms with van der Waals surface area (Å²) in [6.45, 7) is 11.0. The van der Waals surface area contributed by atoms with Crippen LogP contribution in [0.5, 0.6) is 0 Å². The molecule has 3 rings (SSSR count). The number of imide groups is 1. The molecule has 0 aliphatic carbocycles. The minimum Gasteiger partial charge on any atom is -0.481 e. The Bertz CT molecular complexity index is 1250. The highest BCUT2D eigenvalue weighted by molar-refractivity contribution is 6.09. The Morgan fingerprint density at radius 3 is 2.23 bits per heavy atom. The molecule has 2 aromatic rings. The summed E-state index contributed by atoms with van der Waals surface area (Å²) in [5, 5.41) is 11.7. The van der Waals surface area contributed by atoms with Gasteiger partial charge in [0.25, 0.3) is 5.91 Å². The largest absolute Gasteiger partial charge is 0.481 e. The summed E-state index contributed by atoms with van der Waals surface area (Å²) in [4.78, 5) is 53.9. The summed E-state index contributed by atoms with van der Waals surface area (Å²) in [5.74, 6) is -1.99. The maximum absolute atomic E-state index is 13.6. The molecule has 0 spiro atoms. The van der Waals surface area contributed by atoms with Crippen LogP contribution in [0.15, 0.2) is 48.5 Å². The molecule has 39 heavy (non-hydrogen) atoms. The number of carbonyl (C=O) groups excluding carboxylic acids is 3. The van der Waals surface area contributed by atoms with Crippen LogP contribution in [0, 0.1) is 12.8 Å². The van der Waals surface area contributed by atoms with Crippen molar-refractivity contribution in [1.29, 1.82) is 0 Å². The number of hydrogen-bond donors (Lipinski definition) is 2. The smallest absolute Gasteiger partial charge is 0.328 e. The molecule has 4 amide bonds. The highest BCUT2D eigenvalue weighted by atomic mass is 16.4. The van der Waals surface area contributed by atoms with Gasteiger partial charge < -0.3 is 15.3 Å². The normalized spacial score (nSPS) is 16.7. The molecule has 8 nitrogen and oxygen atoms in total. The minimum atomic E-state index is -1.15. The summed E-state index contributed by atoms with van der Waals surface area (Å²) in [7, 11) is 0. The number of aryl methyl sites for hydroxylation is 1. The predicted molar refractivity (Wildman–Crippen MR) is 152 cm³/mol. The summed E-state index contributed by atoms with van der Waals surface area (Å²) in [5.41, 5.74) is 3.05. The molecule has 8 heteroatoms. The van der Waals surface area contributed by atoms with Gasteiger partial charge in [-0.2, -0.15) is 0 Å². The summed E-state index contributed by atoms with van der Waals surface area (Å²) in [6, 6.07) is 13.7. The number of nitrogens with zero attached hydrogens (tertiary/aromatic N) is 2. The van der Waals surface area contributed by atoms with Crippen LogP contribution in [0.1, 0.15) is 69.7 Å². The van der Waals surface area contributed by atoms with E-state index in [1.807, 2.05) is 56.3 Å². The predicted octanol–water partition coefficient (Wildman–Crippen LogP) is 5.10. The van der Waals surface area contributed by atoms with Gasteiger partial charge in [-0.3, -0.25) is 14.4 Å². The zero-order valence-corrected chi connectivity index (χ0v) is 23.6.